The fourth-order valence-electron chi connectivity index (χ4n) is 3.33. The van der Waals surface area contributed by atoms with Crippen LogP contribution in [0.1, 0.15) is 18.1 Å². The smallest absolute Gasteiger partial charge is 0.339 e. The van der Waals surface area contributed by atoms with Gasteiger partial charge in [0.15, 0.2) is 11.5 Å². The maximum atomic E-state index is 12.9. The zero-order valence-corrected chi connectivity index (χ0v) is 21.7. The van der Waals surface area contributed by atoms with E-state index in [1.807, 2.05) is 0 Å². The summed E-state index contributed by atoms with van der Waals surface area (Å²) in [4.78, 5) is 34.4. The van der Waals surface area contributed by atoms with Crippen LogP contribution in [0.4, 0.5) is 17.1 Å². The van der Waals surface area contributed by atoms with E-state index in [4.69, 9.17) is 8.92 Å². The maximum Gasteiger partial charge on any atom is 0.339 e. The number of methoxy groups -OCH3 is 1. The van der Waals surface area contributed by atoms with Crippen LogP contribution in [0.2, 0.25) is 0 Å². The van der Waals surface area contributed by atoms with Crippen LogP contribution in [0, 0.1) is 28.4 Å². The van der Waals surface area contributed by atoms with E-state index in [0.717, 1.165) is 6.08 Å². The third kappa shape index (κ3) is 7.18. The molecule has 0 unspecified atom stereocenters. The highest BCUT2D eigenvalue weighted by molar-refractivity contribution is 7.87. The van der Waals surface area contributed by atoms with E-state index in [1.54, 1.807) is 19.1 Å². The van der Waals surface area contributed by atoms with Gasteiger partial charge in [-0.1, -0.05) is 12.1 Å². The van der Waals surface area contributed by atoms with Crippen molar-refractivity contribution in [2.75, 3.05) is 17.7 Å². The van der Waals surface area contributed by atoms with Crippen molar-refractivity contribution in [2.24, 2.45) is 0 Å². The molecule has 0 aliphatic rings. The average Bonchev–Trinajstić information content (AvgIpc) is 2.88. The highest BCUT2D eigenvalue weighted by atomic mass is 32.2. The Labute approximate surface area is 223 Å². The molecule has 13 heteroatoms. The van der Waals surface area contributed by atoms with E-state index < -0.39 is 26.5 Å². The summed E-state index contributed by atoms with van der Waals surface area (Å²) in [5, 5.41) is 25.8. The molecular formula is C26H22N4O8S. The molecule has 3 aromatic carbocycles. The molecule has 0 radical (unpaired) electrons. The molecule has 0 aliphatic carbocycles. The standard InChI is InChI=1S/C26H22N4O8S/c1-16-4-10-22(23(12-16)30(33)34)29-26(32)19(15-27)13-18-5-11-24(37-3)25(14-18)38-39(35,36)21-8-6-20(7-9-21)28-17(2)31/h4-14H,1-3H3,(H,28,31)(H,29,32)/b19-13+. The predicted molar refractivity (Wildman–Crippen MR) is 142 cm³/mol. The van der Waals surface area contributed by atoms with Gasteiger partial charge in [0.2, 0.25) is 5.91 Å². The van der Waals surface area contributed by atoms with E-state index in [0.29, 0.717) is 11.3 Å². The molecule has 0 spiro atoms. The van der Waals surface area contributed by atoms with Crippen molar-refractivity contribution in [3.05, 3.63) is 87.5 Å². The largest absolute Gasteiger partial charge is 0.493 e. The predicted octanol–water partition coefficient (Wildman–Crippen LogP) is 4.18. The molecule has 0 atom stereocenters. The third-order valence-corrected chi connectivity index (χ3v) is 6.37. The molecule has 3 aromatic rings. The van der Waals surface area contributed by atoms with Crippen LogP contribution in [-0.4, -0.2) is 32.3 Å². The quantitative estimate of drug-likeness (QED) is 0.130. The minimum atomic E-state index is -4.34. The number of nitro benzene ring substituents is 1. The Kier molecular flexibility index (Phi) is 8.64. The average molecular weight is 551 g/mol. The van der Waals surface area contributed by atoms with Crippen molar-refractivity contribution in [2.45, 2.75) is 18.7 Å². The van der Waals surface area contributed by atoms with Gasteiger partial charge in [-0.2, -0.15) is 13.7 Å². The second-order valence-corrected chi connectivity index (χ2v) is 9.60. The van der Waals surface area contributed by atoms with Gasteiger partial charge in [-0.3, -0.25) is 19.7 Å². The SMILES string of the molecule is COc1ccc(/C=C(\C#N)C(=O)Nc2ccc(C)cc2[N+](=O)[O-])cc1OS(=O)(=O)c1ccc(NC(C)=O)cc1. The molecule has 3 rings (SSSR count). The molecule has 200 valence electrons. The topological polar surface area (TPSA) is 178 Å². The lowest BCUT2D eigenvalue weighted by Gasteiger charge is -2.12. The number of hydrogen-bond acceptors (Lipinski definition) is 9. The van der Waals surface area contributed by atoms with E-state index in [9.17, 15) is 33.4 Å². The molecule has 0 heterocycles. The monoisotopic (exact) mass is 550 g/mol. The third-order valence-electron chi connectivity index (χ3n) is 5.12. The van der Waals surface area contributed by atoms with Crippen LogP contribution in [0.3, 0.4) is 0 Å². The number of amides is 2. The van der Waals surface area contributed by atoms with Crippen molar-refractivity contribution in [3.8, 4) is 17.6 Å². The molecular weight excluding hydrogens is 528 g/mol. The van der Waals surface area contributed by atoms with E-state index in [-0.39, 0.29) is 39.2 Å². The number of carbonyl (C=O) groups is 2. The summed E-state index contributed by atoms with van der Waals surface area (Å²) in [5.74, 6) is -1.39. The fourth-order valence-corrected chi connectivity index (χ4v) is 4.26. The van der Waals surface area contributed by atoms with Crippen LogP contribution in [0.15, 0.2) is 71.1 Å². The van der Waals surface area contributed by atoms with E-state index >= 15 is 0 Å². The number of aryl methyl sites for hydroxylation is 1. The van der Waals surface area contributed by atoms with E-state index in [1.165, 1.54) is 68.6 Å². The van der Waals surface area contributed by atoms with Gasteiger partial charge >= 0.3 is 10.1 Å². The van der Waals surface area contributed by atoms with Crippen LogP contribution in [-0.2, 0) is 19.7 Å². The Morgan fingerprint density at radius 1 is 1.03 bits per heavy atom. The Morgan fingerprint density at radius 2 is 1.72 bits per heavy atom. The molecule has 0 aromatic heterocycles. The van der Waals surface area contributed by atoms with Crippen molar-refractivity contribution in [1.82, 2.24) is 0 Å². The number of nitriles is 1. The highest BCUT2D eigenvalue weighted by Crippen LogP contribution is 2.32. The zero-order valence-electron chi connectivity index (χ0n) is 20.9. The summed E-state index contributed by atoms with van der Waals surface area (Å²) in [6.07, 6.45) is 1.16. The lowest BCUT2D eigenvalue weighted by molar-refractivity contribution is -0.384. The molecule has 39 heavy (non-hydrogen) atoms. The number of benzene rings is 3. The first-order valence-electron chi connectivity index (χ1n) is 11.1. The van der Waals surface area contributed by atoms with Crippen LogP contribution >= 0.6 is 0 Å². The van der Waals surface area contributed by atoms with Gasteiger partial charge in [0.1, 0.15) is 22.2 Å². The Morgan fingerprint density at radius 3 is 2.31 bits per heavy atom. The number of rotatable bonds is 9. The number of nitrogens with one attached hydrogen (secondary N) is 2. The Hall–Kier alpha value is -5.22. The normalized spacial score (nSPS) is 11.2. The Balaban J connectivity index is 1.89. The van der Waals surface area contributed by atoms with Crippen molar-refractivity contribution in [3.63, 3.8) is 0 Å². The van der Waals surface area contributed by atoms with Gasteiger partial charge in [0.25, 0.3) is 11.6 Å². The number of ether oxygens (including phenoxy) is 1. The molecule has 12 nitrogen and oxygen atoms in total. The fraction of sp³-hybridized carbons (Fsp3) is 0.115. The first-order valence-corrected chi connectivity index (χ1v) is 12.5. The molecule has 2 N–H and O–H groups in total. The Bertz CT molecular complexity index is 1620. The summed E-state index contributed by atoms with van der Waals surface area (Å²) in [5.41, 5.74) is 0.385. The number of hydrogen-bond donors (Lipinski definition) is 2. The van der Waals surface area contributed by atoms with Gasteiger partial charge in [0, 0.05) is 18.7 Å². The lowest BCUT2D eigenvalue weighted by Crippen LogP contribution is -2.14. The van der Waals surface area contributed by atoms with Gasteiger partial charge in [-0.15, -0.1) is 0 Å². The first kappa shape index (κ1) is 28.4. The van der Waals surface area contributed by atoms with Crippen molar-refractivity contribution < 1.29 is 31.9 Å². The summed E-state index contributed by atoms with van der Waals surface area (Å²) in [6, 6.07) is 15.3. The van der Waals surface area contributed by atoms with Gasteiger partial charge in [-0.25, -0.2) is 0 Å². The molecule has 0 saturated carbocycles. The molecule has 0 saturated heterocycles. The minimum absolute atomic E-state index is 0.0591. The molecule has 0 aliphatic heterocycles. The summed E-state index contributed by atoms with van der Waals surface area (Å²) in [7, 11) is -3.04. The van der Waals surface area contributed by atoms with Crippen LogP contribution in [0.5, 0.6) is 11.5 Å². The lowest BCUT2D eigenvalue weighted by atomic mass is 10.1. The molecule has 2 amide bonds. The highest BCUT2D eigenvalue weighted by Gasteiger charge is 2.21. The van der Waals surface area contributed by atoms with Gasteiger partial charge in [-0.05, 0) is 66.6 Å². The second kappa shape index (κ2) is 11.9. The number of nitro groups is 1. The van der Waals surface area contributed by atoms with Crippen molar-refractivity contribution >= 4 is 45.1 Å². The second-order valence-electron chi connectivity index (χ2n) is 8.05. The zero-order chi connectivity index (χ0) is 28.7. The first-order chi connectivity index (χ1) is 18.4. The molecule has 0 bridgehead atoms. The van der Waals surface area contributed by atoms with Gasteiger partial charge in [0.05, 0.1) is 12.0 Å². The van der Waals surface area contributed by atoms with Crippen molar-refractivity contribution in [1.29, 1.82) is 5.26 Å². The van der Waals surface area contributed by atoms with Gasteiger partial charge < -0.3 is 19.6 Å². The number of carbonyl (C=O) groups excluding carboxylic acids is 2. The van der Waals surface area contributed by atoms with Crippen LogP contribution < -0.4 is 19.6 Å². The van der Waals surface area contributed by atoms with E-state index in [2.05, 4.69) is 10.6 Å². The summed E-state index contributed by atoms with van der Waals surface area (Å²) >= 11 is 0. The van der Waals surface area contributed by atoms with Crippen LogP contribution in [0.25, 0.3) is 6.08 Å². The summed E-state index contributed by atoms with van der Waals surface area (Å²) in [6.45, 7) is 2.97. The summed E-state index contributed by atoms with van der Waals surface area (Å²) < 4.78 is 36.2. The maximum absolute atomic E-state index is 12.9. The molecule has 0 fully saturated rings. The minimum Gasteiger partial charge on any atom is -0.493 e. The number of nitrogens with zero attached hydrogens (tertiary/aromatic N) is 2. The number of anilines is 2.